The van der Waals surface area contributed by atoms with Crippen LogP contribution in [-0.2, 0) is 9.59 Å². The van der Waals surface area contributed by atoms with Crippen molar-refractivity contribution in [1.82, 2.24) is 5.32 Å². The van der Waals surface area contributed by atoms with Crippen LogP contribution < -0.4 is 5.32 Å². The Bertz CT molecular complexity index is 234. The van der Waals surface area contributed by atoms with Gasteiger partial charge in [-0.1, -0.05) is 13.8 Å². The van der Waals surface area contributed by atoms with Crippen LogP contribution in [0.5, 0.6) is 0 Å². The molecule has 0 aromatic carbocycles. The van der Waals surface area contributed by atoms with Gasteiger partial charge in [0.2, 0.25) is 5.91 Å². The summed E-state index contributed by atoms with van der Waals surface area (Å²) in [7, 11) is 0. The maximum Gasteiger partial charge on any atom is 0.316 e. The van der Waals surface area contributed by atoms with Gasteiger partial charge in [0.15, 0.2) is 0 Å². The molecule has 0 saturated heterocycles. The smallest absolute Gasteiger partial charge is 0.316 e. The maximum atomic E-state index is 11.5. The quantitative estimate of drug-likeness (QED) is 0.664. The fraction of sp³-hybridized carbons (Fsp3) is 0.800. The third-order valence-corrected chi connectivity index (χ3v) is 2.67. The molecule has 2 N–H and O–H groups in total. The summed E-state index contributed by atoms with van der Waals surface area (Å²) in [4.78, 5) is 22.3. The van der Waals surface area contributed by atoms with E-state index in [9.17, 15) is 9.59 Å². The van der Waals surface area contributed by atoms with E-state index in [1.165, 1.54) is 0 Å². The van der Waals surface area contributed by atoms with Crippen molar-refractivity contribution < 1.29 is 14.7 Å². The molecule has 4 nitrogen and oxygen atoms in total. The van der Waals surface area contributed by atoms with Crippen LogP contribution in [0.2, 0.25) is 0 Å². The molecule has 0 heterocycles. The molecule has 0 aliphatic heterocycles. The molecule has 0 aromatic rings. The van der Waals surface area contributed by atoms with E-state index in [1.54, 1.807) is 13.8 Å². The standard InChI is InChI=1S/C10H17NO3/c1-6(2)8(10(13)14)9(12)11-7-4-3-5-7/h6-8H,3-5H2,1-2H3,(H,11,12)(H,13,14). The Balaban J connectivity index is 2.49. The SMILES string of the molecule is CC(C)C(C(=O)O)C(=O)NC1CCC1. The maximum absolute atomic E-state index is 11.5. The van der Waals surface area contributed by atoms with Crippen LogP contribution in [0.3, 0.4) is 0 Å². The van der Waals surface area contributed by atoms with Crippen molar-refractivity contribution in [2.24, 2.45) is 11.8 Å². The number of rotatable bonds is 4. The number of carbonyl (C=O) groups excluding carboxylic acids is 1. The lowest BCUT2D eigenvalue weighted by atomic mass is 9.90. The van der Waals surface area contributed by atoms with Crippen molar-refractivity contribution in [1.29, 1.82) is 0 Å². The summed E-state index contributed by atoms with van der Waals surface area (Å²) in [5.41, 5.74) is 0. The highest BCUT2D eigenvalue weighted by Gasteiger charge is 2.31. The zero-order chi connectivity index (χ0) is 10.7. The fourth-order valence-electron chi connectivity index (χ4n) is 1.54. The molecule has 1 rings (SSSR count). The number of carboxylic acid groups (broad SMARTS) is 1. The van der Waals surface area contributed by atoms with Gasteiger partial charge in [-0.3, -0.25) is 9.59 Å². The molecule has 80 valence electrons. The zero-order valence-corrected chi connectivity index (χ0v) is 8.62. The summed E-state index contributed by atoms with van der Waals surface area (Å²) in [6.45, 7) is 3.50. The summed E-state index contributed by atoms with van der Waals surface area (Å²) in [6, 6.07) is 0.211. The Labute approximate surface area is 83.7 Å². The minimum Gasteiger partial charge on any atom is -0.481 e. The average Bonchev–Trinajstić information content (AvgIpc) is 1.95. The minimum absolute atomic E-state index is 0.160. The largest absolute Gasteiger partial charge is 0.481 e. The highest BCUT2D eigenvalue weighted by Crippen LogP contribution is 2.20. The highest BCUT2D eigenvalue weighted by molar-refractivity contribution is 5.97. The lowest BCUT2D eigenvalue weighted by Gasteiger charge is -2.28. The number of nitrogens with one attached hydrogen (secondary N) is 1. The monoisotopic (exact) mass is 199 g/mol. The van der Waals surface area contributed by atoms with Crippen LogP contribution >= 0.6 is 0 Å². The van der Waals surface area contributed by atoms with Crippen molar-refractivity contribution in [2.75, 3.05) is 0 Å². The second-order valence-corrected chi connectivity index (χ2v) is 4.20. The first-order chi connectivity index (χ1) is 6.52. The van der Waals surface area contributed by atoms with Crippen LogP contribution in [0.4, 0.5) is 0 Å². The van der Waals surface area contributed by atoms with Gasteiger partial charge in [0.25, 0.3) is 0 Å². The van der Waals surface area contributed by atoms with Crippen molar-refractivity contribution in [2.45, 2.75) is 39.2 Å². The summed E-state index contributed by atoms with van der Waals surface area (Å²) in [5.74, 6) is -2.43. The number of carboxylic acids is 1. The summed E-state index contributed by atoms with van der Waals surface area (Å²) in [5, 5.41) is 11.6. The van der Waals surface area contributed by atoms with E-state index in [4.69, 9.17) is 5.11 Å². The number of amides is 1. The van der Waals surface area contributed by atoms with Gasteiger partial charge in [-0.2, -0.15) is 0 Å². The molecule has 0 radical (unpaired) electrons. The zero-order valence-electron chi connectivity index (χ0n) is 8.62. The molecule has 1 aliphatic carbocycles. The molecule has 1 aliphatic rings. The van der Waals surface area contributed by atoms with Crippen LogP contribution in [-0.4, -0.2) is 23.0 Å². The molecular weight excluding hydrogens is 182 g/mol. The predicted molar refractivity (Wildman–Crippen MR) is 51.7 cm³/mol. The minimum atomic E-state index is -1.03. The average molecular weight is 199 g/mol. The van der Waals surface area contributed by atoms with E-state index >= 15 is 0 Å². The fourth-order valence-corrected chi connectivity index (χ4v) is 1.54. The van der Waals surface area contributed by atoms with Crippen molar-refractivity contribution >= 4 is 11.9 Å². The van der Waals surface area contributed by atoms with Gasteiger partial charge < -0.3 is 10.4 Å². The second-order valence-electron chi connectivity index (χ2n) is 4.20. The van der Waals surface area contributed by atoms with Crippen molar-refractivity contribution in [3.63, 3.8) is 0 Å². The lowest BCUT2D eigenvalue weighted by Crippen LogP contribution is -2.46. The molecule has 1 atom stereocenters. The number of hydrogen-bond acceptors (Lipinski definition) is 2. The van der Waals surface area contributed by atoms with E-state index in [1.807, 2.05) is 0 Å². The van der Waals surface area contributed by atoms with Gasteiger partial charge in [-0.05, 0) is 25.2 Å². The molecule has 1 unspecified atom stereocenters. The second kappa shape index (κ2) is 4.44. The summed E-state index contributed by atoms with van der Waals surface area (Å²) in [6.07, 6.45) is 3.09. The van der Waals surface area contributed by atoms with Crippen LogP contribution in [0.25, 0.3) is 0 Å². The topological polar surface area (TPSA) is 66.4 Å². The molecular formula is C10H17NO3. The molecule has 0 spiro atoms. The van der Waals surface area contributed by atoms with Crippen LogP contribution in [0, 0.1) is 11.8 Å². The molecule has 4 heteroatoms. The Hall–Kier alpha value is -1.06. The van der Waals surface area contributed by atoms with Gasteiger partial charge in [0.1, 0.15) is 5.92 Å². The number of carbonyl (C=O) groups is 2. The lowest BCUT2D eigenvalue weighted by molar-refractivity contribution is -0.149. The Morgan fingerprint density at radius 3 is 2.21 bits per heavy atom. The van der Waals surface area contributed by atoms with Gasteiger partial charge in [0, 0.05) is 6.04 Å². The van der Waals surface area contributed by atoms with Gasteiger partial charge in [-0.15, -0.1) is 0 Å². The first kappa shape index (κ1) is 11.0. The predicted octanol–water partition coefficient (Wildman–Crippen LogP) is 1.01. The van der Waals surface area contributed by atoms with E-state index in [-0.39, 0.29) is 17.9 Å². The summed E-state index contributed by atoms with van der Waals surface area (Å²) < 4.78 is 0. The van der Waals surface area contributed by atoms with E-state index in [2.05, 4.69) is 5.32 Å². The number of hydrogen-bond donors (Lipinski definition) is 2. The molecule has 1 fully saturated rings. The Kier molecular flexibility index (Phi) is 3.49. The highest BCUT2D eigenvalue weighted by atomic mass is 16.4. The van der Waals surface area contributed by atoms with Crippen molar-refractivity contribution in [3.05, 3.63) is 0 Å². The summed E-state index contributed by atoms with van der Waals surface area (Å²) >= 11 is 0. The van der Waals surface area contributed by atoms with Gasteiger partial charge in [-0.25, -0.2) is 0 Å². The van der Waals surface area contributed by atoms with Gasteiger partial charge in [0.05, 0.1) is 0 Å². The van der Waals surface area contributed by atoms with Crippen LogP contribution in [0.1, 0.15) is 33.1 Å². The molecule has 0 aromatic heterocycles. The first-order valence-electron chi connectivity index (χ1n) is 5.05. The van der Waals surface area contributed by atoms with Crippen molar-refractivity contribution in [3.8, 4) is 0 Å². The first-order valence-corrected chi connectivity index (χ1v) is 5.05. The Morgan fingerprint density at radius 1 is 1.36 bits per heavy atom. The Morgan fingerprint density at radius 2 is 1.93 bits per heavy atom. The molecule has 1 saturated carbocycles. The number of aliphatic carboxylic acids is 1. The molecule has 0 bridgehead atoms. The normalized spacial score (nSPS) is 18.8. The van der Waals surface area contributed by atoms with Crippen LogP contribution in [0.15, 0.2) is 0 Å². The molecule has 1 amide bonds. The molecule has 14 heavy (non-hydrogen) atoms. The van der Waals surface area contributed by atoms with E-state index < -0.39 is 11.9 Å². The van der Waals surface area contributed by atoms with E-state index in [0.29, 0.717) is 0 Å². The third-order valence-electron chi connectivity index (χ3n) is 2.67. The van der Waals surface area contributed by atoms with E-state index in [0.717, 1.165) is 19.3 Å². The third kappa shape index (κ3) is 2.47. The van der Waals surface area contributed by atoms with Gasteiger partial charge >= 0.3 is 5.97 Å².